The average molecular weight is 287 g/mol. The highest BCUT2D eigenvalue weighted by molar-refractivity contribution is 5.66. The van der Waals surface area contributed by atoms with Gasteiger partial charge >= 0.3 is 0 Å². The second kappa shape index (κ2) is 7.14. The molecule has 0 aliphatic heterocycles. The number of nitro groups is 1. The van der Waals surface area contributed by atoms with Crippen LogP contribution in [0.2, 0.25) is 0 Å². The Bertz CT molecular complexity index is 602. The van der Waals surface area contributed by atoms with Crippen LogP contribution >= 0.6 is 0 Å². The third-order valence-corrected chi connectivity index (χ3v) is 2.75. The Hall–Kier alpha value is -2.76. The van der Waals surface area contributed by atoms with E-state index in [0.29, 0.717) is 18.0 Å². The molecular weight excluding hydrogens is 270 g/mol. The zero-order chi connectivity index (χ0) is 15.1. The van der Waals surface area contributed by atoms with Crippen molar-refractivity contribution in [3.05, 3.63) is 58.6 Å². The summed E-state index contributed by atoms with van der Waals surface area (Å²) in [4.78, 5) is 10.6. The van der Waals surface area contributed by atoms with Crippen LogP contribution in [0.25, 0.3) is 0 Å². The molecule has 0 saturated carbocycles. The lowest BCUT2D eigenvalue weighted by molar-refractivity contribution is -0.384. The summed E-state index contributed by atoms with van der Waals surface area (Å²) in [5, 5.41) is 11.1. The lowest BCUT2D eigenvalue weighted by Crippen LogP contribution is -2.10. The Morgan fingerprint density at radius 3 is 2.57 bits per heavy atom. The highest BCUT2D eigenvalue weighted by Crippen LogP contribution is 2.29. The molecule has 2 aromatic carbocycles. The lowest BCUT2D eigenvalue weighted by atomic mass is 10.2. The molecule has 0 aromatic heterocycles. The molecule has 6 heteroatoms. The van der Waals surface area contributed by atoms with E-state index >= 15 is 0 Å². The number of hydrogen-bond donors (Lipinski definition) is 2. The van der Waals surface area contributed by atoms with Crippen LogP contribution < -0.4 is 15.6 Å². The number of para-hydroxylation sites is 1. The Morgan fingerprint density at radius 2 is 1.90 bits per heavy atom. The number of benzene rings is 2. The second-order valence-electron chi connectivity index (χ2n) is 4.40. The first-order chi connectivity index (χ1) is 10.2. The predicted molar refractivity (Wildman–Crippen MR) is 82.6 cm³/mol. The number of ether oxygens (including phenoxy) is 1. The quantitative estimate of drug-likeness (QED) is 0.598. The van der Waals surface area contributed by atoms with E-state index < -0.39 is 4.92 Å². The van der Waals surface area contributed by atoms with Crippen LogP contribution in [0.4, 0.5) is 17.1 Å². The number of rotatable bonds is 7. The maximum atomic E-state index is 11.1. The number of anilines is 2. The molecule has 6 nitrogen and oxygen atoms in total. The van der Waals surface area contributed by atoms with Crippen molar-refractivity contribution < 1.29 is 9.66 Å². The fraction of sp³-hybridized carbons (Fsp3) is 0.200. The average Bonchev–Trinajstić information content (AvgIpc) is 2.51. The van der Waals surface area contributed by atoms with E-state index in [0.717, 1.165) is 12.1 Å². The first-order valence-electron chi connectivity index (χ1n) is 6.69. The lowest BCUT2D eigenvalue weighted by Gasteiger charge is -2.12. The Balaban J connectivity index is 2.16. The van der Waals surface area contributed by atoms with E-state index in [4.69, 9.17) is 4.74 Å². The standard InChI is InChI=1S/C15H17N3O3/c1-2-10-21-13-8-9-15(18(19)20)14(11-13)17-16-12-6-4-3-5-7-12/h3-9,11,16-17H,2,10H2,1H3. The Morgan fingerprint density at radius 1 is 1.14 bits per heavy atom. The van der Waals surface area contributed by atoms with Crippen molar-refractivity contribution in [3.63, 3.8) is 0 Å². The molecule has 0 atom stereocenters. The van der Waals surface area contributed by atoms with E-state index in [2.05, 4.69) is 10.9 Å². The van der Waals surface area contributed by atoms with Crippen LogP contribution in [0.1, 0.15) is 13.3 Å². The minimum atomic E-state index is -0.432. The topological polar surface area (TPSA) is 76.4 Å². The van der Waals surface area contributed by atoms with Gasteiger partial charge in [-0.2, -0.15) is 0 Å². The molecule has 110 valence electrons. The molecule has 0 unspecified atom stereocenters. The zero-order valence-electron chi connectivity index (χ0n) is 11.7. The van der Waals surface area contributed by atoms with Gasteiger partial charge in [-0.15, -0.1) is 0 Å². The fourth-order valence-corrected chi connectivity index (χ4v) is 1.75. The van der Waals surface area contributed by atoms with Crippen molar-refractivity contribution in [2.75, 3.05) is 17.5 Å². The van der Waals surface area contributed by atoms with Crippen molar-refractivity contribution in [2.24, 2.45) is 0 Å². The molecule has 0 fully saturated rings. The smallest absolute Gasteiger partial charge is 0.294 e. The fourth-order valence-electron chi connectivity index (χ4n) is 1.75. The van der Waals surface area contributed by atoms with Gasteiger partial charge in [-0.1, -0.05) is 25.1 Å². The zero-order valence-corrected chi connectivity index (χ0v) is 11.7. The summed E-state index contributed by atoms with van der Waals surface area (Å²) in [6.45, 7) is 2.57. The van der Waals surface area contributed by atoms with Crippen molar-refractivity contribution in [3.8, 4) is 5.75 Å². The first kappa shape index (κ1) is 14.6. The van der Waals surface area contributed by atoms with E-state index in [1.165, 1.54) is 6.07 Å². The molecule has 0 spiro atoms. The third kappa shape index (κ3) is 4.10. The van der Waals surface area contributed by atoms with Gasteiger partial charge in [-0.25, -0.2) is 0 Å². The van der Waals surface area contributed by atoms with Gasteiger partial charge in [0.05, 0.1) is 17.2 Å². The normalized spacial score (nSPS) is 9.95. The van der Waals surface area contributed by atoms with Gasteiger partial charge in [0, 0.05) is 12.1 Å². The number of hydrazine groups is 1. The summed E-state index contributed by atoms with van der Waals surface area (Å²) in [7, 11) is 0. The number of nitro benzene ring substituents is 1. The molecule has 0 aliphatic rings. The maximum absolute atomic E-state index is 11.1. The molecule has 0 bridgehead atoms. The monoisotopic (exact) mass is 287 g/mol. The van der Waals surface area contributed by atoms with Crippen molar-refractivity contribution in [1.29, 1.82) is 0 Å². The van der Waals surface area contributed by atoms with Gasteiger partial charge in [0.1, 0.15) is 11.4 Å². The molecule has 0 saturated heterocycles. The summed E-state index contributed by atoms with van der Waals surface area (Å²) in [5.74, 6) is 0.597. The number of nitrogens with zero attached hydrogens (tertiary/aromatic N) is 1. The van der Waals surface area contributed by atoms with Gasteiger partial charge in [-0.05, 0) is 24.6 Å². The summed E-state index contributed by atoms with van der Waals surface area (Å²) in [6, 6.07) is 14.0. The molecule has 0 radical (unpaired) electrons. The van der Waals surface area contributed by atoms with Gasteiger partial charge in [-0.3, -0.25) is 15.5 Å². The molecule has 2 aromatic rings. The maximum Gasteiger partial charge on any atom is 0.294 e. The summed E-state index contributed by atoms with van der Waals surface area (Å²) >= 11 is 0. The van der Waals surface area contributed by atoms with E-state index in [-0.39, 0.29) is 5.69 Å². The van der Waals surface area contributed by atoms with E-state index in [1.807, 2.05) is 37.3 Å². The van der Waals surface area contributed by atoms with Crippen LogP contribution in [-0.2, 0) is 0 Å². The minimum absolute atomic E-state index is 0.0118. The van der Waals surface area contributed by atoms with E-state index in [9.17, 15) is 10.1 Å². The second-order valence-corrected chi connectivity index (χ2v) is 4.40. The number of nitrogens with one attached hydrogen (secondary N) is 2. The van der Waals surface area contributed by atoms with Gasteiger partial charge in [0.25, 0.3) is 5.69 Å². The van der Waals surface area contributed by atoms with Crippen molar-refractivity contribution in [1.82, 2.24) is 0 Å². The van der Waals surface area contributed by atoms with Crippen LogP contribution in [0.5, 0.6) is 5.75 Å². The molecule has 2 rings (SSSR count). The van der Waals surface area contributed by atoms with Crippen molar-refractivity contribution >= 4 is 17.1 Å². The largest absolute Gasteiger partial charge is 0.494 e. The van der Waals surface area contributed by atoms with Gasteiger partial charge < -0.3 is 10.2 Å². The molecule has 0 aliphatic carbocycles. The van der Waals surface area contributed by atoms with Crippen LogP contribution in [0.15, 0.2) is 48.5 Å². The molecule has 0 amide bonds. The highest BCUT2D eigenvalue weighted by Gasteiger charge is 2.14. The van der Waals surface area contributed by atoms with Crippen LogP contribution in [0.3, 0.4) is 0 Å². The van der Waals surface area contributed by atoms with Crippen LogP contribution in [-0.4, -0.2) is 11.5 Å². The van der Waals surface area contributed by atoms with Crippen LogP contribution in [0, 0.1) is 10.1 Å². The van der Waals surface area contributed by atoms with Crippen molar-refractivity contribution in [2.45, 2.75) is 13.3 Å². The third-order valence-electron chi connectivity index (χ3n) is 2.75. The predicted octanol–water partition coefficient (Wildman–Crippen LogP) is 3.82. The first-order valence-corrected chi connectivity index (χ1v) is 6.69. The molecule has 2 N–H and O–H groups in total. The molecule has 21 heavy (non-hydrogen) atoms. The molecular formula is C15H17N3O3. The summed E-state index contributed by atoms with van der Waals surface area (Å²) in [6.07, 6.45) is 0.877. The van der Waals surface area contributed by atoms with Gasteiger partial charge in [0.15, 0.2) is 0 Å². The Labute approximate surface area is 122 Å². The highest BCUT2D eigenvalue weighted by atomic mass is 16.6. The van der Waals surface area contributed by atoms with Gasteiger partial charge in [0.2, 0.25) is 0 Å². The minimum Gasteiger partial charge on any atom is -0.494 e. The summed E-state index contributed by atoms with van der Waals surface area (Å²) < 4.78 is 5.49. The SMILES string of the molecule is CCCOc1ccc([N+](=O)[O-])c(NNc2ccccc2)c1. The molecule has 0 heterocycles. The number of hydrogen-bond acceptors (Lipinski definition) is 5. The Kier molecular flexibility index (Phi) is 4.98. The summed E-state index contributed by atoms with van der Waals surface area (Å²) in [5.41, 5.74) is 6.94. The van der Waals surface area contributed by atoms with E-state index in [1.54, 1.807) is 12.1 Å².